The molecular weight excluding hydrogens is 400 g/mol. The zero-order chi connectivity index (χ0) is 21.3. The van der Waals surface area contributed by atoms with Crippen molar-refractivity contribution >= 4 is 28.3 Å². The Balaban J connectivity index is 1.58. The fourth-order valence-corrected chi connectivity index (χ4v) is 3.55. The van der Waals surface area contributed by atoms with Gasteiger partial charge in [0.15, 0.2) is 0 Å². The maximum atomic E-state index is 12.8. The van der Waals surface area contributed by atoms with Gasteiger partial charge in [0.1, 0.15) is 5.01 Å². The maximum absolute atomic E-state index is 12.8. The Bertz CT molecular complexity index is 974. The molecule has 0 unspecified atom stereocenters. The standard InChI is InChI=1S/C22H24N4O3S/c1-16-8-10-18(11-9-16)21(28)26(14-15-29-2)13-12-19(27)23-22-25-24-20(30-22)17-6-4-3-5-7-17/h3-11H,12-15H2,1-2H3,(H,23,25,27). The van der Waals surface area contributed by atoms with Gasteiger partial charge in [-0.25, -0.2) is 0 Å². The number of carbonyl (C=O) groups excluding carboxylic acids is 2. The molecule has 2 aromatic carbocycles. The average Bonchev–Trinajstić information content (AvgIpc) is 3.23. The van der Waals surface area contributed by atoms with Crippen LogP contribution in [0.4, 0.5) is 5.13 Å². The Morgan fingerprint density at radius 3 is 2.47 bits per heavy atom. The number of ether oxygens (including phenoxy) is 1. The van der Waals surface area contributed by atoms with Gasteiger partial charge in [0.25, 0.3) is 5.91 Å². The van der Waals surface area contributed by atoms with Crippen LogP contribution in [0.1, 0.15) is 22.3 Å². The molecule has 3 rings (SSSR count). The van der Waals surface area contributed by atoms with Crippen LogP contribution in [0, 0.1) is 6.92 Å². The lowest BCUT2D eigenvalue weighted by atomic mass is 10.1. The van der Waals surface area contributed by atoms with Crippen molar-refractivity contribution in [1.29, 1.82) is 0 Å². The monoisotopic (exact) mass is 424 g/mol. The summed E-state index contributed by atoms with van der Waals surface area (Å²) in [5.74, 6) is -0.341. The highest BCUT2D eigenvalue weighted by Gasteiger charge is 2.17. The third-order valence-corrected chi connectivity index (χ3v) is 5.34. The van der Waals surface area contributed by atoms with E-state index in [0.29, 0.717) is 23.8 Å². The highest BCUT2D eigenvalue weighted by atomic mass is 32.1. The predicted octanol–water partition coefficient (Wildman–Crippen LogP) is 3.63. The van der Waals surface area contributed by atoms with Crippen molar-refractivity contribution in [2.45, 2.75) is 13.3 Å². The molecule has 0 aliphatic carbocycles. The molecule has 0 bridgehead atoms. The molecule has 0 saturated heterocycles. The van der Waals surface area contributed by atoms with Gasteiger partial charge in [-0.2, -0.15) is 0 Å². The van der Waals surface area contributed by atoms with E-state index in [2.05, 4.69) is 15.5 Å². The molecule has 2 amide bonds. The largest absolute Gasteiger partial charge is 0.383 e. The summed E-state index contributed by atoms with van der Waals surface area (Å²) in [6, 6.07) is 17.0. The van der Waals surface area contributed by atoms with Crippen LogP contribution in [0.2, 0.25) is 0 Å². The molecule has 1 aromatic heterocycles. The first kappa shape index (κ1) is 21.6. The zero-order valence-corrected chi connectivity index (χ0v) is 17.8. The summed E-state index contributed by atoms with van der Waals surface area (Å²) >= 11 is 1.31. The molecule has 156 valence electrons. The number of nitrogens with one attached hydrogen (secondary N) is 1. The molecule has 3 aromatic rings. The Morgan fingerprint density at radius 2 is 1.77 bits per heavy atom. The van der Waals surface area contributed by atoms with Crippen LogP contribution >= 0.6 is 11.3 Å². The number of hydrogen-bond donors (Lipinski definition) is 1. The van der Waals surface area contributed by atoms with Gasteiger partial charge in [-0.1, -0.05) is 59.4 Å². The molecule has 1 heterocycles. The summed E-state index contributed by atoms with van der Waals surface area (Å²) in [6.07, 6.45) is 0.154. The van der Waals surface area contributed by atoms with Gasteiger partial charge in [-0.05, 0) is 19.1 Å². The van der Waals surface area contributed by atoms with Crippen molar-refractivity contribution < 1.29 is 14.3 Å². The van der Waals surface area contributed by atoms with Crippen molar-refractivity contribution in [2.75, 3.05) is 32.1 Å². The third kappa shape index (κ3) is 5.95. The van der Waals surface area contributed by atoms with E-state index in [1.54, 1.807) is 24.1 Å². The summed E-state index contributed by atoms with van der Waals surface area (Å²) in [5, 5.41) is 12.1. The quantitative estimate of drug-likeness (QED) is 0.567. The number of anilines is 1. The van der Waals surface area contributed by atoms with Gasteiger partial charge in [0.05, 0.1) is 6.61 Å². The Hall–Kier alpha value is -3.10. The van der Waals surface area contributed by atoms with E-state index in [1.165, 1.54) is 11.3 Å². The number of carbonyl (C=O) groups is 2. The first-order chi connectivity index (χ1) is 14.6. The second-order valence-electron chi connectivity index (χ2n) is 6.73. The van der Waals surface area contributed by atoms with Crippen molar-refractivity contribution in [3.05, 3.63) is 65.7 Å². The highest BCUT2D eigenvalue weighted by Crippen LogP contribution is 2.25. The van der Waals surface area contributed by atoms with E-state index < -0.39 is 0 Å². The molecule has 0 aliphatic heterocycles. The minimum atomic E-state index is -0.218. The van der Waals surface area contributed by atoms with Crippen LogP contribution in [-0.2, 0) is 9.53 Å². The Morgan fingerprint density at radius 1 is 1.03 bits per heavy atom. The summed E-state index contributed by atoms with van der Waals surface area (Å²) in [7, 11) is 1.58. The lowest BCUT2D eigenvalue weighted by molar-refractivity contribution is -0.116. The van der Waals surface area contributed by atoms with Crippen molar-refractivity contribution in [1.82, 2.24) is 15.1 Å². The molecular formula is C22H24N4O3S. The van der Waals surface area contributed by atoms with Gasteiger partial charge in [-0.3, -0.25) is 9.59 Å². The lowest BCUT2D eigenvalue weighted by Crippen LogP contribution is -2.36. The molecule has 0 spiro atoms. The molecule has 0 atom stereocenters. The minimum Gasteiger partial charge on any atom is -0.383 e. The van der Waals surface area contributed by atoms with Crippen LogP contribution in [0.3, 0.4) is 0 Å². The molecule has 1 N–H and O–H groups in total. The molecule has 30 heavy (non-hydrogen) atoms. The number of methoxy groups -OCH3 is 1. The van der Waals surface area contributed by atoms with Crippen LogP contribution < -0.4 is 5.32 Å². The zero-order valence-electron chi connectivity index (χ0n) is 17.0. The van der Waals surface area contributed by atoms with Gasteiger partial charge in [0.2, 0.25) is 11.0 Å². The number of benzene rings is 2. The summed E-state index contributed by atoms with van der Waals surface area (Å²) in [4.78, 5) is 26.8. The SMILES string of the molecule is COCCN(CCC(=O)Nc1nnc(-c2ccccc2)s1)C(=O)c1ccc(C)cc1. The van der Waals surface area contributed by atoms with E-state index >= 15 is 0 Å². The van der Waals surface area contributed by atoms with Crippen LogP contribution in [0.5, 0.6) is 0 Å². The number of nitrogens with zero attached hydrogens (tertiary/aromatic N) is 3. The van der Waals surface area contributed by atoms with E-state index in [0.717, 1.165) is 16.1 Å². The molecule has 8 heteroatoms. The number of amides is 2. The topological polar surface area (TPSA) is 84.4 Å². The van der Waals surface area contributed by atoms with Crippen molar-refractivity contribution in [3.8, 4) is 10.6 Å². The van der Waals surface area contributed by atoms with Crippen LogP contribution in [-0.4, -0.2) is 53.7 Å². The predicted molar refractivity (Wildman–Crippen MR) is 118 cm³/mol. The Kier molecular flexibility index (Phi) is 7.64. The Labute approximate surface area is 179 Å². The van der Waals surface area contributed by atoms with E-state index in [-0.39, 0.29) is 24.8 Å². The van der Waals surface area contributed by atoms with Gasteiger partial charge >= 0.3 is 0 Å². The molecule has 7 nitrogen and oxygen atoms in total. The molecule has 0 aliphatic rings. The summed E-state index contributed by atoms with van der Waals surface area (Å²) < 4.78 is 5.11. The second-order valence-corrected chi connectivity index (χ2v) is 7.71. The van der Waals surface area contributed by atoms with Crippen molar-refractivity contribution in [2.24, 2.45) is 0 Å². The second kappa shape index (κ2) is 10.6. The van der Waals surface area contributed by atoms with E-state index in [9.17, 15) is 9.59 Å². The van der Waals surface area contributed by atoms with Gasteiger partial charge in [0, 0.05) is 37.7 Å². The summed E-state index contributed by atoms with van der Waals surface area (Å²) in [6.45, 7) is 3.06. The van der Waals surface area contributed by atoms with Crippen molar-refractivity contribution in [3.63, 3.8) is 0 Å². The van der Waals surface area contributed by atoms with Crippen LogP contribution in [0.25, 0.3) is 10.6 Å². The number of aromatic nitrogens is 2. The first-order valence-corrected chi connectivity index (χ1v) is 10.4. The molecule has 0 radical (unpaired) electrons. The fourth-order valence-electron chi connectivity index (χ4n) is 2.78. The first-order valence-electron chi connectivity index (χ1n) is 9.60. The van der Waals surface area contributed by atoms with Gasteiger partial charge < -0.3 is 15.0 Å². The van der Waals surface area contributed by atoms with Crippen LogP contribution in [0.15, 0.2) is 54.6 Å². The third-order valence-electron chi connectivity index (χ3n) is 4.45. The number of hydrogen-bond acceptors (Lipinski definition) is 6. The lowest BCUT2D eigenvalue weighted by Gasteiger charge is -2.22. The number of rotatable bonds is 9. The molecule has 0 fully saturated rings. The highest BCUT2D eigenvalue weighted by molar-refractivity contribution is 7.18. The summed E-state index contributed by atoms with van der Waals surface area (Å²) in [5.41, 5.74) is 2.62. The smallest absolute Gasteiger partial charge is 0.253 e. The minimum absolute atomic E-state index is 0.123. The van der Waals surface area contributed by atoms with E-state index in [4.69, 9.17) is 4.74 Å². The van der Waals surface area contributed by atoms with Gasteiger partial charge in [-0.15, -0.1) is 10.2 Å². The molecule has 0 saturated carbocycles. The van der Waals surface area contributed by atoms with E-state index in [1.807, 2.05) is 49.4 Å². The fraction of sp³-hybridized carbons (Fsp3) is 0.273. The normalized spacial score (nSPS) is 10.6. The maximum Gasteiger partial charge on any atom is 0.253 e. The average molecular weight is 425 g/mol. The number of aryl methyl sites for hydroxylation is 1.